The van der Waals surface area contributed by atoms with Gasteiger partial charge in [-0.25, -0.2) is 0 Å². The molecule has 0 aliphatic rings. The van der Waals surface area contributed by atoms with E-state index in [4.69, 9.17) is 0 Å². The fraction of sp³-hybridized carbons (Fsp3) is 0.538. The van der Waals surface area contributed by atoms with Gasteiger partial charge in [-0.3, -0.25) is 0 Å². The van der Waals surface area contributed by atoms with Gasteiger partial charge in [-0.15, -0.1) is 0 Å². The molecule has 0 saturated carbocycles. The van der Waals surface area contributed by atoms with Crippen molar-refractivity contribution < 1.29 is 0 Å². The van der Waals surface area contributed by atoms with Gasteiger partial charge < -0.3 is 0 Å². The largest absolute Gasteiger partial charge is 0.0645 e. The Morgan fingerprint density at radius 3 is 2.00 bits per heavy atom. The van der Waals surface area contributed by atoms with Crippen LogP contribution in [0.3, 0.4) is 0 Å². The van der Waals surface area contributed by atoms with Crippen molar-refractivity contribution in [2.75, 3.05) is 0 Å². The highest BCUT2D eigenvalue weighted by Crippen LogP contribution is 2.56. The lowest BCUT2D eigenvalue weighted by Gasteiger charge is -2.29. The Bertz CT molecular complexity index is 324. The van der Waals surface area contributed by atoms with Crippen molar-refractivity contribution in [1.29, 1.82) is 0 Å². The average Bonchev–Trinajstić information content (AvgIpc) is 2.15. The van der Waals surface area contributed by atoms with Gasteiger partial charge in [0.15, 0.2) is 0 Å². The summed E-state index contributed by atoms with van der Waals surface area (Å²) < 4.78 is 0. The molecule has 0 bridgehead atoms. The molecule has 1 atom stereocenters. The molecule has 0 fully saturated rings. The molecule has 0 aliphatic carbocycles. The zero-order valence-corrected chi connectivity index (χ0v) is 12.7. The van der Waals surface area contributed by atoms with Crippen molar-refractivity contribution >= 4 is 27.4 Å². The number of hydrogen-bond donors (Lipinski definition) is 0. The number of halogens is 1. The summed E-state index contributed by atoms with van der Waals surface area (Å²) >= 11 is 3.90. The van der Waals surface area contributed by atoms with Crippen molar-refractivity contribution in [2.45, 2.75) is 46.2 Å². The maximum atomic E-state index is 3.90. The highest BCUT2D eigenvalue weighted by atomic mass is 79.9. The molecule has 0 amide bonds. The summed E-state index contributed by atoms with van der Waals surface area (Å²) in [5.41, 5.74) is 2.73. The molecule has 1 unspecified atom stereocenters. The van der Waals surface area contributed by atoms with Crippen LogP contribution < -0.4 is 5.30 Å². The third-order valence-corrected chi connectivity index (χ3v) is 9.03. The summed E-state index contributed by atoms with van der Waals surface area (Å²) in [5.74, 6) is 0. The predicted octanol–water partition coefficient (Wildman–Crippen LogP) is 4.91. The molecule has 15 heavy (non-hydrogen) atoms. The van der Waals surface area contributed by atoms with Crippen molar-refractivity contribution in [3.63, 3.8) is 0 Å². The van der Waals surface area contributed by atoms with Gasteiger partial charge in [0.05, 0.1) is 0 Å². The molecule has 0 spiro atoms. The van der Waals surface area contributed by atoms with Gasteiger partial charge in [-0.05, 0) is 30.7 Å². The molecule has 84 valence electrons. The Labute approximate surface area is 103 Å². The second kappa shape index (κ2) is 4.97. The summed E-state index contributed by atoms with van der Waals surface area (Å²) in [6.45, 7) is 11.0. The summed E-state index contributed by atoms with van der Waals surface area (Å²) in [4.78, 5) is 0. The van der Waals surface area contributed by atoms with E-state index in [0.29, 0.717) is 5.16 Å². The van der Waals surface area contributed by atoms with E-state index >= 15 is 0 Å². The highest BCUT2D eigenvalue weighted by Gasteiger charge is 2.26. The lowest BCUT2D eigenvalue weighted by molar-refractivity contribution is 0.679. The van der Waals surface area contributed by atoms with Crippen LogP contribution in [0, 0.1) is 13.8 Å². The average molecular weight is 287 g/mol. The fourth-order valence-corrected chi connectivity index (χ4v) is 4.53. The lowest BCUT2D eigenvalue weighted by Crippen LogP contribution is -2.19. The van der Waals surface area contributed by atoms with Gasteiger partial charge in [0.2, 0.25) is 0 Å². The normalized spacial score (nSPS) is 14.0. The maximum Gasteiger partial charge on any atom is 0.00128 e. The molecule has 0 radical (unpaired) electrons. The van der Waals surface area contributed by atoms with Gasteiger partial charge >= 0.3 is 0 Å². The number of benzene rings is 1. The van der Waals surface area contributed by atoms with Crippen molar-refractivity contribution in [1.82, 2.24) is 0 Å². The molecule has 0 aliphatic heterocycles. The Hall–Kier alpha value is 0.130. The van der Waals surface area contributed by atoms with E-state index in [9.17, 15) is 0 Å². The van der Waals surface area contributed by atoms with E-state index in [1.807, 2.05) is 0 Å². The minimum atomic E-state index is -0.239. The molecule has 0 saturated heterocycles. The van der Waals surface area contributed by atoms with Crippen LogP contribution in [0.25, 0.3) is 0 Å². The first-order valence-corrected chi connectivity index (χ1v) is 8.77. The fourth-order valence-electron chi connectivity index (χ4n) is 1.55. The van der Waals surface area contributed by atoms with Crippen LogP contribution in [0.1, 0.15) is 38.3 Å². The summed E-state index contributed by atoms with van der Waals surface area (Å²) in [7, 11) is 0. The van der Waals surface area contributed by atoms with Gasteiger partial charge in [0.25, 0.3) is 0 Å². The number of hydrogen-bond acceptors (Lipinski definition) is 0. The van der Waals surface area contributed by atoms with Gasteiger partial charge in [-0.1, -0.05) is 65.6 Å². The molecule has 1 rings (SSSR count). The van der Waals surface area contributed by atoms with Gasteiger partial charge in [-0.2, -0.15) is 0 Å². The second-order valence-electron chi connectivity index (χ2n) is 4.79. The minimum Gasteiger partial charge on any atom is -0.0645 e. The summed E-state index contributed by atoms with van der Waals surface area (Å²) in [5, 5.41) is 1.84. The van der Waals surface area contributed by atoms with Crippen LogP contribution in [-0.4, -0.2) is 5.16 Å². The van der Waals surface area contributed by atoms with Crippen LogP contribution in [0.2, 0.25) is 0 Å². The van der Waals surface area contributed by atoms with Crippen LogP contribution in [0.15, 0.2) is 18.2 Å². The van der Waals surface area contributed by atoms with E-state index in [1.165, 1.54) is 22.9 Å². The predicted molar refractivity (Wildman–Crippen MR) is 75.8 cm³/mol. The first-order chi connectivity index (χ1) is 6.86. The van der Waals surface area contributed by atoms with Crippen LogP contribution in [0.4, 0.5) is 0 Å². The molecule has 0 aromatic heterocycles. The summed E-state index contributed by atoms with van der Waals surface area (Å²) in [6, 6.07) is 6.86. The topological polar surface area (TPSA) is 0 Å². The molecule has 2 heteroatoms. The highest BCUT2D eigenvalue weighted by molar-refractivity contribution is 9.40. The summed E-state index contributed by atoms with van der Waals surface area (Å²) in [6.07, 6.45) is 1.21. The van der Waals surface area contributed by atoms with Crippen LogP contribution >= 0.6 is 22.1 Å². The third kappa shape index (κ3) is 3.29. The van der Waals surface area contributed by atoms with Crippen molar-refractivity contribution in [3.05, 3.63) is 29.3 Å². The van der Waals surface area contributed by atoms with E-state index in [2.05, 4.69) is 68.3 Å². The zero-order chi connectivity index (χ0) is 11.6. The molecule has 0 N–H and O–H groups in total. The van der Waals surface area contributed by atoms with Gasteiger partial charge in [0, 0.05) is 6.62 Å². The smallest absolute Gasteiger partial charge is 0.00128 e. The standard InChI is InChI=1S/C13H20BrP/c1-6-13(4,5)15(14)12-8-10(2)7-11(3)9-12/h7-9H,6H2,1-5H3. The first kappa shape index (κ1) is 13.2. The van der Waals surface area contributed by atoms with Crippen LogP contribution in [-0.2, 0) is 0 Å². The Balaban J connectivity index is 3.06. The number of aryl methyl sites for hydroxylation is 2. The minimum absolute atomic E-state index is 0.239. The SMILES string of the molecule is CCC(C)(C)P(Br)c1cc(C)cc(C)c1. The van der Waals surface area contributed by atoms with E-state index in [1.54, 1.807) is 0 Å². The molecule has 0 nitrogen and oxygen atoms in total. The molecule has 0 heterocycles. The monoisotopic (exact) mass is 286 g/mol. The Kier molecular flexibility index (Phi) is 4.38. The van der Waals surface area contributed by atoms with Gasteiger partial charge in [0.1, 0.15) is 0 Å². The quantitative estimate of drug-likeness (QED) is 0.693. The second-order valence-corrected chi connectivity index (χ2v) is 9.21. The van der Waals surface area contributed by atoms with E-state index < -0.39 is 0 Å². The van der Waals surface area contributed by atoms with E-state index in [0.717, 1.165) is 0 Å². The van der Waals surface area contributed by atoms with Crippen molar-refractivity contribution in [3.8, 4) is 0 Å². The first-order valence-electron chi connectivity index (χ1n) is 5.41. The Morgan fingerprint density at radius 1 is 1.13 bits per heavy atom. The lowest BCUT2D eigenvalue weighted by atomic mass is 10.1. The molecule has 1 aromatic carbocycles. The molecular weight excluding hydrogens is 267 g/mol. The zero-order valence-electron chi connectivity index (χ0n) is 10.3. The number of rotatable bonds is 3. The molecule has 1 aromatic rings. The van der Waals surface area contributed by atoms with Crippen molar-refractivity contribution in [2.24, 2.45) is 0 Å². The third-order valence-electron chi connectivity index (χ3n) is 2.83. The Morgan fingerprint density at radius 2 is 1.60 bits per heavy atom. The maximum absolute atomic E-state index is 3.90. The molecular formula is C13H20BrP. The van der Waals surface area contributed by atoms with Crippen LogP contribution in [0.5, 0.6) is 0 Å². The van der Waals surface area contributed by atoms with E-state index in [-0.39, 0.29) is 6.62 Å².